The highest BCUT2D eigenvalue weighted by Crippen LogP contribution is 2.31. The van der Waals surface area contributed by atoms with Gasteiger partial charge in [0.15, 0.2) is 5.82 Å². The zero-order chi connectivity index (χ0) is 21.9. The lowest BCUT2D eigenvalue weighted by molar-refractivity contribution is 0.415. The van der Waals surface area contributed by atoms with E-state index in [0.717, 1.165) is 39.5 Å². The van der Waals surface area contributed by atoms with E-state index in [1.54, 1.807) is 25.7 Å². The summed E-state index contributed by atoms with van der Waals surface area (Å²) < 4.78 is 19.0. The van der Waals surface area contributed by atoms with Gasteiger partial charge >= 0.3 is 0 Å². The molecule has 0 aliphatic heterocycles. The number of nitrogens with one attached hydrogen (secondary N) is 1. The third-order valence-electron chi connectivity index (χ3n) is 5.01. The van der Waals surface area contributed by atoms with Gasteiger partial charge < -0.3 is 10.1 Å². The Bertz CT molecular complexity index is 1390. The van der Waals surface area contributed by atoms with Gasteiger partial charge in [0.25, 0.3) is 0 Å². The molecule has 0 bridgehead atoms. The van der Waals surface area contributed by atoms with Crippen molar-refractivity contribution in [1.29, 1.82) is 0 Å². The molecule has 0 spiro atoms. The van der Waals surface area contributed by atoms with Crippen LogP contribution in [0.1, 0.15) is 0 Å². The summed E-state index contributed by atoms with van der Waals surface area (Å²) >= 11 is 0. The maximum atomic E-state index is 13.7. The molecule has 32 heavy (non-hydrogen) atoms. The molecule has 0 unspecified atom stereocenters. The molecule has 7 heteroatoms. The van der Waals surface area contributed by atoms with Crippen LogP contribution in [0.2, 0.25) is 0 Å². The number of ether oxygens (including phenoxy) is 1. The SMILES string of the molecule is COc1ccc(-c2ccc3nc(-c4cccnc4)nc(Nc4cncc(F)c4)c3c2)cc1. The minimum Gasteiger partial charge on any atom is -0.497 e. The van der Waals surface area contributed by atoms with Crippen LogP contribution in [-0.2, 0) is 0 Å². The number of anilines is 2. The summed E-state index contributed by atoms with van der Waals surface area (Å²) in [7, 11) is 1.64. The molecule has 0 radical (unpaired) electrons. The number of aromatic nitrogens is 4. The highest BCUT2D eigenvalue weighted by atomic mass is 19.1. The molecule has 5 rings (SSSR count). The predicted octanol–water partition coefficient (Wildman–Crippen LogP) is 5.65. The van der Waals surface area contributed by atoms with E-state index in [1.807, 2.05) is 54.6 Å². The van der Waals surface area contributed by atoms with Crippen molar-refractivity contribution >= 4 is 22.4 Å². The number of rotatable bonds is 5. The minimum absolute atomic E-state index is 0.431. The Morgan fingerprint density at radius 2 is 1.66 bits per heavy atom. The maximum absolute atomic E-state index is 13.7. The normalized spacial score (nSPS) is 10.8. The first-order valence-electron chi connectivity index (χ1n) is 9.94. The number of benzene rings is 2. The standard InChI is InChI=1S/C25H18FN5O/c1-32-21-7-4-16(5-8-21)17-6-9-23-22(11-17)25(29-20-12-19(26)14-28-15-20)31-24(30-23)18-3-2-10-27-13-18/h2-15H,1H3,(H,29,30,31). The van der Waals surface area contributed by atoms with Gasteiger partial charge in [-0.15, -0.1) is 0 Å². The van der Waals surface area contributed by atoms with Crippen LogP contribution in [0.4, 0.5) is 15.9 Å². The Morgan fingerprint density at radius 1 is 0.812 bits per heavy atom. The molecule has 6 nitrogen and oxygen atoms in total. The number of halogens is 1. The van der Waals surface area contributed by atoms with E-state index in [0.29, 0.717) is 17.3 Å². The highest BCUT2D eigenvalue weighted by Gasteiger charge is 2.12. The largest absolute Gasteiger partial charge is 0.497 e. The van der Waals surface area contributed by atoms with Crippen LogP contribution in [0.3, 0.4) is 0 Å². The molecule has 0 aliphatic carbocycles. The van der Waals surface area contributed by atoms with Crippen molar-refractivity contribution in [2.24, 2.45) is 0 Å². The van der Waals surface area contributed by atoms with Gasteiger partial charge in [-0.25, -0.2) is 14.4 Å². The Labute approximate surface area is 183 Å². The van der Waals surface area contributed by atoms with Crippen molar-refractivity contribution in [2.45, 2.75) is 0 Å². The Morgan fingerprint density at radius 3 is 2.41 bits per heavy atom. The van der Waals surface area contributed by atoms with Crippen LogP contribution in [0.15, 0.2) is 85.5 Å². The fraction of sp³-hybridized carbons (Fsp3) is 0.0400. The summed E-state index contributed by atoms with van der Waals surface area (Å²) in [5.74, 6) is 1.44. The van der Waals surface area contributed by atoms with Crippen LogP contribution >= 0.6 is 0 Å². The van der Waals surface area contributed by atoms with E-state index in [4.69, 9.17) is 14.7 Å². The Hall–Kier alpha value is -4.39. The fourth-order valence-electron chi connectivity index (χ4n) is 3.43. The quantitative estimate of drug-likeness (QED) is 0.394. The molecule has 1 N–H and O–H groups in total. The molecular weight excluding hydrogens is 405 g/mol. The van der Waals surface area contributed by atoms with Crippen LogP contribution in [-0.4, -0.2) is 27.0 Å². The maximum Gasteiger partial charge on any atom is 0.163 e. The van der Waals surface area contributed by atoms with Crippen LogP contribution in [0.5, 0.6) is 5.75 Å². The van der Waals surface area contributed by atoms with E-state index in [1.165, 1.54) is 6.07 Å². The average molecular weight is 423 g/mol. The van der Waals surface area contributed by atoms with Crippen molar-refractivity contribution in [3.63, 3.8) is 0 Å². The molecule has 0 amide bonds. The molecule has 0 saturated heterocycles. The average Bonchev–Trinajstić information content (AvgIpc) is 2.84. The summed E-state index contributed by atoms with van der Waals surface area (Å²) in [4.78, 5) is 17.5. The van der Waals surface area contributed by atoms with Gasteiger partial charge in [-0.05, 0) is 47.5 Å². The second kappa shape index (κ2) is 8.39. The molecule has 0 aliphatic rings. The van der Waals surface area contributed by atoms with Crippen molar-refractivity contribution in [3.8, 4) is 28.3 Å². The zero-order valence-electron chi connectivity index (χ0n) is 17.2. The van der Waals surface area contributed by atoms with Gasteiger partial charge in [0.2, 0.25) is 0 Å². The lowest BCUT2D eigenvalue weighted by Crippen LogP contribution is -2.00. The van der Waals surface area contributed by atoms with Crippen molar-refractivity contribution < 1.29 is 9.13 Å². The van der Waals surface area contributed by atoms with E-state index in [-0.39, 0.29) is 0 Å². The molecular formula is C25H18FN5O. The van der Waals surface area contributed by atoms with Gasteiger partial charge in [0, 0.05) is 29.4 Å². The van der Waals surface area contributed by atoms with E-state index >= 15 is 0 Å². The zero-order valence-corrected chi connectivity index (χ0v) is 17.2. The van der Waals surface area contributed by atoms with Gasteiger partial charge in [0.05, 0.1) is 30.7 Å². The number of pyridine rings is 2. The molecule has 156 valence electrons. The molecule has 5 aromatic rings. The lowest BCUT2D eigenvalue weighted by atomic mass is 10.0. The van der Waals surface area contributed by atoms with Crippen molar-refractivity contribution in [3.05, 3.63) is 91.3 Å². The third kappa shape index (κ3) is 3.96. The smallest absolute Gasteiger partial charge is 0.163 e. The van der Waals surface area contributed by atoms with E-state index in [2.05, 4.69) is 15.3 Å². The van der Waals surface area contributed by atoms with Crippen LogP contribution in [0.25, 0.3) is 33.4 Å². The van der Waals surface area contributed by atoms with Gasteiger partial charge in [0.1, 0.15) is 17.4 Å². The third-order valence-corrected chi connectivity index (χ3v) is 5.01. The molecule has 0 saturated carbocycles. The Balaban J connectivity index is 1.66. The highest BCUT2D eigenvalue weighted by molar-refractivity contribution is 5.95. The number of hydrogen-bond donors (Lipinski definition) is 1. The summed E-state index contributed by atoms with van der Waals surface area (Å²) in [6.07, 6.45) is 6.11. The molecule has 3 aromatic heterocycles. The summed E-state index contributed by atoms with van der Waals surface area (Å²) in [5.41, 5.74) is 4.06. The monoisotopic (exact) mass is 423 g/mol. The fourth-order valence-corrected chi connectivity index (χ4v) is 3.43. The summed E-state index contributed by atoms with van der Waals surface area (Å²) in [6.45, 7) is 0. The first-order valence-corrected chi connectivity index (χ1v) is 9.94. The number of hydrogen-bond acceptors (Lipinski definition) is 6. The van der Waals surface area contributed by atoms with Crippen molar-refractivity contribution in [1.82, 2.24) is 19.9 Å². The predicted molar refractivity (Wildman–Crippen MR) is 122 cm³/mol. The van der Waals surface area contributed by atoms with Crippen molar-refractivity contribution in [2.75, 3.05) is 12.4 Å². The first-order chi connectivity index (χ1) is 15.7. The molecule has 0 fully saturated rings. The topological polar surface area (TPSA) is 72.8 Å². The second-order valence-electron chi connectivity index (χ2n) is 7.11. The van der Waals surface area contributed by atoms with Gasteiger partial charge in [-0.1, -0.05) is 18.2 Å². The van der Waals surface area contributed by atoms with Crippen LogP contribution in [0, 0.1) is 5.82 Å². The van der Waals surface area contributed by atoms with E-state index < -0.39 is 5.82 Å². The summed E-state index contributed by atoms with van der Waals surface area (Å²) in [5, 5.41) is 4.00. The minimum atomic E-state index is -0.431. The molecule has 0 atom stereocenters. The number of nitrogens with zero attached hydrogens (tertiary/aromatic N) is 4. The molecule has 2 aromatic carbocycles. The van der Waals surface area contributed by atoms with Gasteiger partial charge in [-0.2, -0.15) is 0 Å². The Kier molecular flexibility index (Phi) is 5.13. The number of fused-ring (bicyclic) bond motifs is 1. The van der Waals surface area contributed by atoms with Gasteiger partial charge in [-0.3, -0.25) is 9.97 Å². The van der Waals surface area contributed by atoms with Crippen LogP contribution < -0.4 is 10.1 Å². The molecule has 3 heterocycles. The second-order valence-corrected chi connectivity index (χ2v) is 7.11. The number of methoxy groups -OCH3 is 1. The lowest BCUT2D eigenvalue weighted by Gasteiger charge is -2.12. The summed E-state index contributed by atoms with van der Waals surface area (Å²) in [6, 6.07) is 18.9. The van der Waals surface area contributed by atoms with E-state index in [9.17, 15) is 4.39 Å². The first kappa shape index (κ1) is 19.6.